The van der Waals surface area contributed by atoms with Crippen LogP contribution in [0.2, 0.25) is 18.1 Å². The lowest BCUT2D eigenvalue weighted by Gasteiger charge is -2.36. The van der Waals surface area contributed by atoms with Gasteiger partial charge in [0.15, 0.2) is 5.76 Å². The smallest absolute Gasteiger partial charge is 0.250 e. The van der Waals surface area contributed by atoms with Gasteiger partial charge in [-0.05, 0) is 66.7 Å². The zero-order chi connectivity index (χ0) is 21.5. The molecule has 4 rings (SSSR count). The van der Waals surface area contributed by atoms with Crippen molar-refractivity contribution in [3.8, 4) is 28.1 Å². The van der Waals surface area contributed by atoms with Crippen molar-refractivity contribution in [2.45, 2.75) is 57.8 Å². The third-order valence-electron chi connectivity index (χ3n) is 6.43. The molecule has 5 heteroatoms. The summed E-state index contributed by atoms with van der Waals surface area (Å²) in [7, 11) is -1.89. The number of hydrogen-bond donors (Lipinski definition) is 1. The van der Waals surface area contributed by atoms with E-state index in [4.69, 9.17) is 8.95 Å². The number of nitrogens with zero attached hydrogens (tertiary/aromatic N) is 1. The number of aliphatic hydroxyl groups is 1. The molecule has 1 saturated carbocycles. The zero-order valence-electron chi connectivity index (χ0n) is 18.5. The van der Waals surface area contributed by atoms with Gasteiger partial charge in [0, 0.05) is 5.56 Å². The second-order valence-corrected chi connectivity index (χ2v) is 14.5. The minimum Gasteiger partial charge on any atom is -0.544 e. The van der Waals surface area contributed by atoms with Gasteiger partial charge in [0.05, 0.1) is 5.56 Å². The first-order chi connectivity index (χ1) is 14.2. The molecule has 158 valence electrons. The van der Waals surface area contributed by atoms with Crippen LogP contribution in [0.3, 0.4) is 0 Å². The highest BCUT2D eigenvalue weighted by Crippen LogP contribution is 2.46. The summed E-state index contributed by atoms with van der Waals surface area (Å²) in [6.07, 6.45) is 1.46. The van der Waals surface area contributed by atoms with Gasteiger partial charge < -0.3 is 14.1 Å². The molecule has 3 aromatic rings. The maximum atomic E-state index is 10.8. The summed E-state index contributed by atoms with van der Waals surface area (Å²) < 4.78 is 12.1. The second-order valence-electron chi connectivity index (χ2n) is 9.81. The molecule has 2 aromatic carbocycles. The number of hydrogen-bond acceptors (Lipinski definition) is 4. The summed E-state index contributed by atoms with van der Waals surface area (Å²) in [5, 5.41) is 15.3. The summed E-state index contributed by atoms with van der Waals surface area (Å²) in [4.78, 5) is 0. The van der Waals surface area contributed by atoms with Gasteiger partial charge in [-0.15, -0.1) is 0 Å². The minimum atomic E-state index is -1.89. The van der Waals surface area contributed by atoms with Crippen LogP contribution in [-0.4, -0.2) is 18.6 Å². The first-order valence-corrected chi connectivity index (χ1v) is 13.6. The quantitative estimate of drug-likeness (QED) is 0.443. The number of benzene rings is 2. The second kappa shape index (κ2) is 7.71. The number of rotatable bonds is 6. The maximum Gasteiger partial charge on any atom is 0.250 e. The molecule has 0 spiro atoms. The Morgan fingerprint density at radius 2 is 1.63 bits per heavy atom. The molecule has 1 aliphatic rings. The van der Waals surface area contributed by atoms with Crippen molar-refractivity contribution in [2.24, 2.45) is 5.92 Å². The summed E-state index contributed by atoms with van der Waals surface area (Å²) in [6, 6.07) is 18.1. The molecular formula is C25H31NO3Si. The molecule has 30 heavy (non-hydrogen) atoms. The van der Waals surface area contributed by atoms with Crippen LogP contribution in [0.4, 0.5) is 0 Å². The van der Waals surface area contributed by atoms with E-state index in [1.807, 2.05) is 54.6 Å². The Kier molecular flexibility index (Phi) is 5.37. The van der Waals surface area contributed by atoms with Crippen LogP contribution in [0.15, 0.2) is 59.1 Å². The van der Waals surface area contributed by atoms with Crippen molar-refractivity contribution in [1.82, 2.24) is 5.16 Å². The van der Waals surface area contributed by atoms with Gasteiger partial charge in [0.1, 0.15) is 17.5 Å². The van der Waals surface area contributed by atoms with E-state index in [-0.39, 0.29) is 11.0 Å². The normalized spacial score (nSPS) is 15.8. The van der Waals surface area contributed by atoms with Crippen LogP contribution in [0, 0.1) is 5.92 Å². The van der Waals surface area contributed by atoms with Crippen molar-refractivity contribution in [3.05, 3.63) is 60.4 Å². The fourth-order valence-electron chi connectivity index (χ4n) is 3.34. The molecular weight excluding hydrogens is 390 g/mol. The molecule has 0 aliphatic heterocycles. The molecule has 1 N–H and O–H groups in total. The first-order valence-electron chi connectivity index (χ1n) is 10.7. The molecule has 1 fully saturated rings. The highest BCUT2D eigenvalue weighted by Gasteiger charge is 2.39. The van der Waals surface area contributed by atoms with E-state index in [0.717, 1.165) is 41.0 Å². The average molecular weight is 422 g/mol. The van der Waals surface area contributed by atoms with E-state index in [1.165, 1.54) is 0 Å². The largest absolute Gasteiger partial charge is 0.544 e. The zero-order valence-corrected chi connectivity index (χ0v) is 19.5. The lowest BCUT2D eigenvalue weighted by Crippen LogP contribution is -2.43. The molecule has 1 atom stereocenters. The fraction of sp³-hybridized carbons (Fsp3) is 0.400. The Balaban J connectivity index is 1.69. The minimum absolute atomic E-state index is 0.145. The van der Waals surface area contributed by atoms with Crippen molar-refractivity contribution in [1.29, 1.82) is 0 Å². The predicted octanol–water partition coefficient (Wildman–Crippen LogP) is 6.84. The third-order valence-corrected chi connectivity index (χ3v) is 10.8. The molecule has 4 nitrogen and oxygen atoms in total. The Morgan fingerprint density at radius 1 is 1.00 bits per heavy atom. The molecule has 0 amide bonds. The molecule has 0 radical (unpaired) electrons. The Hall–Kier alpha value is -2.37. The monoisotopic (exact) mass is 421 g/mol. The molecule has 1 aliphatic carbocycles. The lowest BCUT2D eigenvalue weighted by molar-refractivity contribution is 0.119. The Bertz CT molecular complexity index is 999. The van der Waals surface area contributed by atoms with E-state index < -0.39 is 14.4 Å². The Labute approximate surface area is 180 Å². The molecule has 1 aromatic heterocycles. The molecule has 1 unspecified atom stereocenters. The van der Waals surface area contributed by atoms with Gasteiger partial charge in [-0.25, -0.2) is 0 Å². The van der Waals surface area contributed by atoms with E-state index in [1.54, 1.807) is 0 Å². The third kappa shape index (κ3) is 4.09. The van der Waals surface area contributed by atoms with Crippen molar-refractivity contribution < 1.29 is 14.1 Å². The van der Waals surface area contributed by atoms with Crippen molar-refractivity contribution in [2.75, 3.05) is 0 Å². The average Bonchev–Trinajstić information content (AvgIpc) is 3.46. The van der Waals surface area contributed by atoms with Gasteiger partial charge in [0.25, 0.3) is 0 Å². The standard InChI is InChI=1S/C25H31NO3Si/c1-25(2,3)30(4,5)29-20-15-13-18(14-16-20)22-21(17-9-7-6-8-10-17)24(28-26-22)23(27)19-11-12-19/h6-10,13-16,19,23,27H,11-12H2,1-5H3. The van der Waals surface area contributed by atoms with Crippen LogP contribution in [-0.2, 0) is 0 Å². The van der Waals surface area contributed by atoms with Gasteiger partial charge >= 0.3 is 0 Å². The van der Waals surface area contributed by atoms with Gasteiger partial charge in [-0.3, -0.25) is 0 Å². The van der Waals surface area contributed by atoms with Crippen molar-refractivity contribution in [3.63, 3.8) is 0 Å². The van der Waals surface area contributed by atoms with Crippen LogP contribution >= 0.6 is 0 Å². The summed E-state index contributed by atoms with van der Waals surface area (Å²) >= 11 is 0. The van der Waals surface area contributed by atoms with Crippen LogP contribution < -0.4 is 4.43 Å². The molecule has 1 heterocycles. The summed E-state index contributed by atoms with van der Waals surface area (Å²) in [6.45, 7) is 11.2. The van der Waals surface area contributed by atoms with Crippen LogP contribution in [0.1, 0.15) is 45.5 Å². The number of aliphatic hydroxyl groups excluding tert-OH is 1. The Morgan fingerprint density at radius 3 is 2.20 bits per heavy atom. The topological polar surface area (TPSA) is 55.5 Å². The van der Waals surface area contributed by atoms with E-state index in [9.17, 15) is 5.11 Å². The van der Waals surface area contributed by atoms with Gasteiger partial charge in [-0.1, -0.05) is 56.3 Å². The predicted molar refractivity (Wildman–Crippen MR) is 123 cm³/mol. The van der Waals surface area contributed by atoms with Crippen molar-refractivity contribution >= 4 is 8.32 Å². The highest BCUT2D eigenvalue weighted by atomic mass is 28.4. The first kappa shape index (κ1) is 20.9. The SMILES string of the molecule is CC(C)(C)[Si](C)(C)Oc1ccc(-c2noc(C(O)C3CC3)c2-c2ccccc2)cc1. The lowest BCUT2D eigenvalue weighted by atomic mass is 9.96. The summed E-state index contributed by atoms with van der Waals surface area (Å²) in [5.41, 5.74) is 3.60. The van der Waals surface area contributed by atoms with Gasteiger partial charge in [-0.2, -0.15) is 0 Å². The van der Waals surface area contributed by atoms with Gasteiger partial charge in [0.2, 0.25) is 8.32 Å². The summed E-state index contributed by atoms with van der Waals surface area (Å²) in [5.74, 6) is 1.72. The van der Waals surface area contributed by atoms with Crippen LogP contribution in [0.5, 0.6) is 5.75 Å². The van der Waals surface area contributed by atoms with E-state index in [0.29, 0.717) is 5.76 Å². The fourth-order valence-corrected chi connectivity index (χ4v) is 4.37. The maximum absolute atomic E-state index is 10.8. The van der Waals surface area contributed by atoms with Crippen LogP contribution in [0.25, 0.3) is 22.4 Å². The number of aromatic nitrogens is 1. The molecule has 0 bridgehead atoms. The molecule has 0 saturated heterocycles. The van der Waals surface area contributed by atoms with E-state index >= 15 is 0 Å². The van der Waals surface area contributed by atoms with E-state index in [2.05, 4.69) is 39.0 Å². The highest BCUT2D eigenvalue weighted by molar-refractivity contribution is 6.74.